The first-order valence-electron chi connectivity index (χ1n) is 8.42. The van der Waals surface area contributed by atoms with E-state index in [1.165, 1.54) is 0 Å². The fourth-order valence-electron chi connectivity index (χ4n) is 2.75. The molecule has 136 valence electrons. The highest BCUT2D eigenvalue weighted by molar-refractivity contribution is 6.00. The smallest absolute Gasteiger partial charge is 0.319 e. The molecule has 8 heteroatoms. The number of pyridine rings is 1. The molecule has 3 aromatic rings. The third kappa shape index (κ3) is 4.08. The summed E-state index contributed by atoms with van der Waals surface area (Å²) in [5, 5.41) is 10.9. The molecule has 0 bridgehead atoms. The second-order valence-electron chi connectivity index (χ2n) is 5.91. The van der Waals surface area contributed by atoms with Crippen LogP contribution in [0.2, 0.25) is 0 Å². The maximum atomic E-state index is 12.2. The number of benzene rings is 1. The minimum atomic E-state index is -0.281. The van der Waals surface area contributed by atoms with E-state index >= 15 is 0 Å². The maximum absolute atomic E-state index is 12.2. The third-order valence-corrected chi connectivity index (χ3v) is 3.96. The van der Waals surface area contributed by atoms with Gasteiger partial charge >= 0.3 is 6.03 Å². The summed E-state index contributed by atoms with van der Waals surface area (Å²) >= 11 is 0. The molecule has 26 heavy (non-hydrogen) atoms. The van der Waals surface area contributed by atoms with Crippen molar-refractivity contribution in [3.63, 3.8) is 0 Å². The average Bonchev–Trinajstić information content (AvgIpc) is 2.95. The van der Waals surface area contributed by atoms with E-state index in [0.29, 0.717) is 24.5 Å². The number of carbonyl (C=O) groups is 1. The van der Waals surface area contributed by atoms with Crippen molar-refractivity contribution in [2.45, 2.75) is 26.8 Å². The van der Waals surface area contributed by atoms with Crippen molar-refractivity contribution in [1.29, 1.82) is 0 Å². The maximum Gasteiger partial charge on any atom is 0.319 e. The van der Waals surface area contributed by atoms with Crippen molar-refractivity contribution in [3.8, 4) is 5.75 Å². The van der Waals surface area contributed by atoms with Crippen molar-refractivity contribution >= 4 is 22.6 Å². The third-order valence-electron chi connectivity index (χ3n) is 3.96. The van der Waals surface area contributed by atoms with Gasteiger partial charge in [0.15, 0.2) is 0 Å². The van der Waals surface area contributed by atoms with Crippen LogP contribution in [0, 0.1) is 13.8 Å². The van der Waals surface area contributed by atoms with Crippen molar-refractivity contribution in [2.75, 3.05) is 19.0 Å². The summed E-state index contributed by atoms with van der Waals surface area (Å²) in [6, 6.07) is 7.14. The minimum absolute atomic E-state index is 0.281. The van der Waals surface area contributed by atoms with E-state index in [4.69, 9.17) is 4.74 Å². The standard InChI is InChI=1S/C18H22N6O2/c1-12-21-13(2)24(23-12)9-5-8-20-18(25)22-16-11-15(26-3)10-14-6-4-7-19-17(14)16/h4,6-7,10-11H,5,8-9H2,1-3H3,(H2,20,22,25). The molecule has 2 aromatic heterocycles. The van der Waals surface area contributed by atoms with Crippen molar-refractivity contribution < 1.29 is 9.53 Å². The van der Waals surface area contributed by atoms with E-state index in [-0.39, 0.29) is 6.03 Å². The molecule has 3 rings (SSSR count). The summed E-state index contributed by atoms with van der Waals surface area (Å²) in [5.74, 6) is 2.30. The van der Waals surface area contributed by atoms with Gasteiger partial charge in [-0.15, -0.1) is 0 Å². The Morgan fingerprint density at radius 3 is 2.88 bits per heavy atom. The molecular formula is C18H22N6O2. The number of carbonyl (C=O) groups excluding carboxylic acids is 1. The van der Waals surface area contributed by atoms with Gasteiger partial charge in [0.25, 0.3) is 0 Å². The molecule has 0 aliphatic heterocycles. The molecule has 1 aromatic carbocycles. The number of rotatable bonds is 6. The minimum Gasteiger partial charge on any atom is -0.497 e. The van der Waals surface area contributed by atoms with Crippen LogP contribution < -0.4 is 15.4 Å². The predicted molar refractivity (Wildman–Crippen MR) is 99.4 cm³/mol. The molecular weight excluding hydrogens is 332 g/mol. The van der Waals surface area contributed by atoms with Crippen LogP contribution in [0.1, 0.15) is 18.1 Å². The van der Waals surface area contributed by atoms with Gasteiger partial charge in [-0.1, -0.05) is 6.07 Å². The lowest BCUT2D eigenvalue weighted by Crippen LogP contribution is -2.30. The molecule has 2 amide bonds. The monoisotopic (exact) mass is 354 g/mol. The zero-order valence-corrected chi connectivity index (χ0v) is 15.1. The van der Waals surface area contributed by atoms with Crippen molar-refractivity contribution in [1.82, 2.24) is 25.1 Å². The number of ether oxygens (including phenoxy) is 1. The topological polar surface area (TPSA) is 94.0 Å². The highest BCUT2D eigenvalue weighted by atomic mass is 16.5. The van der Waals surface area contributed by atoms with Crippen molar-refractivity contribution in [2.24, 2.45) is 0 Å². The molecule has 8 nitrogen and oxygen atoms in total. The Bertz CT molecular complexity index is 921. The summed E-state index contributed by atoms with van der Waals surface area (Å²) in [6.07, 6.45) is 2.45. The van der Waals surface area contributed by atoms with E-state index in [1.807, 2.05) is 36.7 Å². The molecule has 2 heterocycles. The second-order valence-corrected chi connectivity index (χ2v) is 5.91. The highest BCUT2D eigenvalue weighted by Crippen LogP contribution is 2.27. The molecule has 0 atom stereocenters. The molecule has 0 aliphatic carbocycles. The van der Waals surface area contributed by atoms with Gasteiger partial charge in [-0.3, -0.25) is 9.67 Å². The number of hydrogen-bond acceptors (Lipinski definition) is 5. The second kappa shape index (κ2) is 7.81. The van der Waals surface area contributed by atoms with Gasteiger partial charge in [0, 0.05) is 30.7 Å². The molecule has 0 saturated carbocycles. The highest BCUT2D eigenvalue weighted by Gasteiger charge is 2.09. The Balaban J connectivity index is 1.58. The zero-order chi connectivity index (χ0) is 18.5. The molecule has 0 unspecified atom stereocenters. The number of amides is 2. The fraction of sp³-hybridized carbons (Fsp3) is 0.333. The summed E-state index contributed by atoms with van der Waals surface area (Å²) < 4.78 is 7.13. The number of nitrogens with one attached hydrogen (secondary N) is 2. The Morgan fingerprint density at radius 2 is 2.15 bits per heavy atom. The number of nitrogens with zero attached hydrogens (tertiary/aromatic N) is 4. The Labute approximate surface area is 151 Å². The van der Waals surface area contributed by atoms with Crippen LogP contribution >= 0.6 is 0 Å². The first-order chi connectivity index (χ1) is 12.6. The molecule has 0 spiro atoms. The number of aryl methyl sites for hydroxylation is 3. The van der Waals surface area contributed by atoms with Crippen LogP contribution in [-0.2, 0) is 6.54 Å². The lowest BCUT2D eigenvalue weighted by molar-refractivity contribution is 0.251. The van der Waals surface area contributed by atoms with E-state index in [0.717, 1.165) is 29.0 Å². The first-order valence-corrected chi connectivity index (χ1v) is 8.42. The number of anilines is 1. The van der Waals surface area contributed by atoms with Gasteiger partial charge in [-0.05, 0) is 32.4 Å². The molecule has 0 saturated heterocycles. The van der Waals surface area contributed by atoms with Crippen molar-refractivity contribution in [3.05, 3.63) is 42.1 Å². The predicted octanol–water partition coefficient (Wildman–Crippen LogP) is 2.66. The number of methoxy groups -OCH3 is 1. The number of aromatic nitrogens is 4. The number of urea groups is 1. The fourth-order valence-corrected chi connectivity index (χ4v) is 2.75. The summed E-state index contributed by atoms with van der Waals surface area (Å²) in [4.78, 5) is 20.8. The summed E-state index contributed by atoms with van der Waals surface area (Å²) in [7, 11) is 1.59. The first kappa shape index (κ1) is 17.7. The van der Waals surface area contributed by atoms with E-state index in [1.54, 1.807) is 19.4 Å². The van der Waals surface area contributed by atoms with E-state index < -0.39 is 0 Å². The Morgan fingerprint density at radius 1 is 1.31 bits per heavy atom. The largest absolute Gasteiger partial charge is 0.497 e. The van der Waals surface area contributed by atoms with Gasteiger partial charge in [-0.25, -0.2) is 9.78 Å². The Kier molecular flexibility index (Phi) is 5.31. The van der Waals surface area contributed by atoms with Crippen LogP contribution in [0.3, 0.4) is 0 Å². The zero-order valence-electron chi connectivity index (χ0n) is 15.1. The van der Waals surface area contributed by atoms with Gasteiger partial charge in [0.2, 0.25) is 0 Å². The number of fused-ring (bicyclic) bond motifs is 1. The van der Waals surface area contributed by atoms with Gasteiger partial charge in [-0.2, -0.15) is 5.10 Å². The normalized spacial score (nSPS) is 10.7. The average molecular weight is 354 g/mol. The van der Waals surface area contributed by atoms with Crippen LogP contribution in [0.4, 0.5) is 10.5 Å². The quantitative estimate of drug-likeness (QED) is 0.664. The lowest BCUT2D eigenvalue weighted by Gasteiger charge is -2.11. The summed E-state index contributed by atoms with van der Waals surface area (Å²) in [5.41, 5.74) is 1.33. The molecule has 0 fully saturated rings. The molecule has 0 radical (unpaired) electrons. The van der Waals surface area contributed by atoms with Crippen LogP contribution in [0.15, 0.2) is 30.5 Å². The van der Waals surface area contributed by atoms with Crippen LogP contribution in [-0.4, -0.2) is 39.4 Å². The Hall–Kier alpha value is -3.16. The van der Waals surface area contributed by atoms with Gasteiger partial charge < -0.3 is 15.4 Å². The molecule has 0 aliphatic rings. The lowest BCUT2D eigenvalue weighted by atomic mass is 10.2. The molecule has 2 N–H and O–H groups in total. The van der Waals surface area contributed by atoms with E-state index in [2.05, 4.69) is 25.7 Å². The SMILES string of the molecule is COc1cc(NC(=O)NCCCn2nc(C)nc2C)c2ncccc2c1. The van der Waals surface area contributed by atoms with Crippen LogP contribution in [0.25, 0.3) is 10.9 Å². The number of hydrogen-bond donors (Lipinski definition) is 2. The van der Waals surface area contributed by atoms with Gasteiger partial charge in [0.1, 0.15) is 17.4 Å². The van der Waals surface area contributed by atoms with Crippen LogP contribution in [0.5, 0.6) is 5.75 Å². The van der Waals surface area contributed by atoms with E-state index in [9.17, 15) is 4.79 Å². The summed E-state index contributed by atoms with van der Waals surface area (Å²) in [6.45, 7) is 5.01. The van der Waals surface area contributed by atoms with Gasteiger partial charge in [0.05, 0.1) is 18.3 Å².